The van der Waals surface area contributed by atoms with Crippen LogP contribution < -0.4 is 0 Å². The molecular weight excluding hydrogens is 178 g/mol. The molecule has 0 spiro atoms. The van der Waals surface area contributed by atoms with E-state index in [4.69, 9.17) is 0 Å². The highest BCUT2D eigenvalue weighted by Crippen LogP contribution is 2.05. The highest BCUT2D eigenvalue weighted by molar-refractivity contribution is 5.71. The van der Waals surface area contributed by atoms with Crippen LogP contribution in [-0.4, -0.2) is 37.1 Å². The van der Waals surface area contributed by atoms with E-state index in [-0.39, 0.29) is 5.97 Å². The Morgan fingerprint density at radius 3 is 2.50 bits per heavy atom. The molecule has 0 aromatic heterocycles. The van der Waals surface area contributed by atoms with Gasteiger partial charge in [-0.05, 0) is 26.3 Å². The van der Waals surface area contributed by atoms with Crippen molar-refractivity contribution in [2.24, 2.45) is 0 Å². The van der Waals surface area contributed by atoms with E-state index < -0.39 is 0 Å². The first-order valence-corrected chi connectivity index (χ1v) is 5.46. The standard InChI is InChI=1S/C11H23NO2/c1-5-7-8-12(10(3)6-2)9-11(13)14-4/h10H,5-9H2,1-4H3. The minimum atomic E-state index is -0.138. The quantitative estimate of drug-likeness (QED) is 0.590. The summed E-state index contributed by atoms with van der Waals surface area (Å²) in [5.41, 5.74) is 0. The molecule has 1 unspecified atom stereocenters. The van der Waals surface area contributed by atoms with Gasteiger partial charge in [-0.3, -0.25) is 9.69 Å². The van der Waals surface area contributed by atoms with Crippen LogP contribution in [0.2, 0.25) is 0 Å². The first-order chi connectivity index (χ1) is 6.65. The van der Waals surface area contributed by atoms with Gasteiger partial charge in [0.25, 0.3) is 0 Å². The molecule has 0 heterocycles. The molecule has 84 valence electrons. The van der Waals surface area contributed by atoms with Gasteiger partial charge in [-0.25, -0.2) is 0 Å². The van der Waals surface area contributed by atoms with Crippen LogP contribution in [0.1, 0.15) is 40.0 Å². The smallest absolute Gasteiger partial charge is 0.319 e. The van der Waals surface area contributed by atoms with E-state index in [0.29, 0.717) is 12.6 Å². The minimum Gasteiger partial charge on any atom is -0.468 e. The van der Waals surface area contributed by atoms with E-state index in [1.165, 1.54) is 7.11 Å². The number of nitrogens with zero attached hydrogens (tertiary/aromatic N) is 1. The molecule has 0 aliphatic rings. The first kappa shape index (κ1) is 13.4. The van der Waals surface area contributed by atoms with Gasteiger partial charge >= 0.3 is 5.97 Å². The lowest BCUT2D eigenvalue weighted by Gasteiger charge is -2.26. The summed E-state index contributed by atoms with van der Waals surface area (Å²) in [4.78, 5) is 13.3. The van der Waals surface area contributed by atoms with E-state index >= 15 is 0 Å². The number of rotatable bonds is 7. The number of hydrogen-bond donors (Lipinski definition) is 0. The third kappa shape index (κ3) is 5.22. The van der Waals surface area contributed by atoms with Crippen LogP contribution in [0.15, 0.2) is 0 Å². The van der Waals surface area contributed by atoms with Gasteiger partial charge in [0, 0.05) is 6.04 Å². The lowest BCUT2D eigenvalue weighted by molar-refractivity contribution is -0.142. The van der Waals surface area contributed by atoms with Gasteiger partial charge in [0.1, 0.15) is 0 Å². The second-order valence-electron chi connectivity index (χ2n) is 3.66. The van der Waals surface area contributed by atoms with Gasteiger partial charge in [-0.2, -0.15) is 0 Å². The molecule has 0 N–H and O–H groups in total. The van der Waals surface area contributed by atoms with Crippen molar-refractivity contribution >= 4 is 5.97 Å². The Bertz CT molecular complexity index is 159. The number of ether oxygens (including phenoxy) is 1. The fraction of sp³-hybridized carbons (Fsp3) is 0.909. The molecular formula is C11H23NO2. The molecule has 14 heavy (non-hydrogen) atoms. The van der Waals surface area contributed by atoms with Crippen LogP contribution in [-0.2, 0) is 9.53 Å². The molecule has 0 aromatic carbocycles. The molecule has 0 aromatic rings. The minimum absolute atomic E-state index is 0.138. The number of methoxy groups -OCH3 is 1. The van der Waals surface area contributed by atoms with E-state index in [1.807, 2.05) is 0 Å². The molecule has 0 saturated heterocycles. The molecule has 0 fully saturated rings. The van der Waals surface area contributed by atoms with Crippen LogP contribution in [0.5, 0.6) is 0 Å². The Hall–Kier alpha value is -0.570. The predicted molar refractivity (Wildman–Crippen MR) is 58.3 cm³/mol. The monoisotopic (exact) mass is 201 g/mol. The average molecular weight is 201 g/mol. The lowest BCUT2D eigenvalue weighted by atomic mass is 10.2. The summed E-state index contributed by atoms with van der Waals surface area (Å²) in [6.45, 7) is 7.86. The third-order valence-electron chi connectivity index (χ3n) is 2.57. The van der Waals surface area contributed by atoms with Gasteiger partial charge in [-0.1, -0.05) is 20.3 Å². The summed E-state index contributed by atoms with van der Waals surface area (Å²) < 4.78 is 4.67. The average Bonchev–Trinajstić information content (AvgIpc) is 2.22. The summed E-state index contributed by atoms with van der Waals surface area (Å²) >= 11 is 0. The second-order valence-corrected chi connectivity index (χ2v) is 3.66. The van der Waals surface area contributed by atoms with Crippen molar-refractivity contribution in [2.45, 2.75) is 46.1 Å². The molecule has 0 rings (SSSR count). The summed E-state index contributed by atoms with van der Waals surface area (Å²) in [5, 5.41) is 0. The van der Waals surface area contributed by atoms with E-state index in [0.717, 1.165) is 25.8 Å². The maximum Gasteiger partial charge on any atom is 0.319 e. The van der Waals surface area contributed by atoms with Gasteiger partial charge < -0.3 is 4.74 Å². The fourth-order valence-electron chi connectivity index (χ4n) is 1.31. The van der Waals surface area contributed by atoms with Gasteiger partial charge in [0.2, 0.25) is 0 Å². The van der Waals surface area contributed by atoms with Crippen molar-refractivity contribution in [3.8, 4) is 0 Å². The van der Waals surface area contributed by atoms with Crippen LogP contribution in [0.25, 0.3) is 0 Å². The Balaban J connectivity index is 4.02. The van der Waals surface area contributed by atoms with Crippen molar-refractivity contribution in [3.63, 3.8) is 0 Å². The molecule has 0 bridgehead atoms. The first-order valence-electron chi connectivity index (χ1n) is 5.46. The molecule has 0 saturated carbocycles. The Morgan fingerprint density at radius 1 is 1.43 bits per heavy atom. The SMILES string of the molecule is CCCCN(CC(=O)OC)C(C)CC. The predicted octanol–water partition coefficient (Wildman–Crippen LogP) is 2.06. The third-order valence-corrected chi connectivity index (χ3v) is 2.57. The van der Waals surface area contributed by atoms with Gasteiger partial charge in [0.05, 0.1) is 13.7 Å². The molecule has 3 nitrogen and oxygen atoms in total. The van der Waals surface area contributed by atoms with Crippen molar-refractivity contribution in [1.82, 2.24) is 4.90 Å². The normalized spacial score (nSPS) is 12.9. The highest BCUT2D eigenvalue weighted by atomic mass is 16.5. The zero-order valence-electron chi connectivity index (χ0n) is 9.88. The summed E-state index contributed by atoms with van der Waals surface area (Å²) in [7, 11) is 1.44. The maximum absolute atomic E-state index is 11.1. The number of esters is 1. The zero-order valence-corrected chi connectivity index (χ0v) is 9.88. The molecule has 0 amide bonds. The van der Waals surface area contributed by atoms with E-state index in [1.54, 1.807) is 0 Å². The highest BCUT2D eigenvalue weighted by Gasteiger charge is 2.15. The summed E-state index contributed by atoms with van der Waals surface area (Å²) in [5.74, 6) is -0.138. The summed E-state index contributed by atoms with van der Waals surface area (Å²) in [6.07, 6.45) is 3.37. The van der Waals surface area contributed by atoms with E-state index in [9.17, 15) is 4.79 Å². The number of unbranched alkanes of at least 4 members (excludes halogenated alkanes) is 1. The zero-order chi connectivity index (χ0) is 11.0. The van der Waals surface area contributed by atoms with Crippen molar-refractivity contribution < 1.29 is 9.53 Å². The van der Waals surface area contributed by atoms with Gasteiger partial charge in [0.15, 0.2) is 0 Å². The number of carbonyl (C=O) groups is 1. The van der Waals surface area contributed by atoms with Crippen molar-refractivity contribution in [3.05, 3.63) is 0 Å². The van der Waals surface area contributed by atoms with Crippen LogP contribution in [0, 0.1) is 0 Å². The Labute approximate surface area is 87.4 Å². The fourth-order valence-corrected chi connectivity index (χ4v) is 1.31. The molecule has 0 aliphatic heterocycles. The number of carbonyl (C=O) groups excluding carboxylic acids is 1. The number of hydrogen-bond acceptors (Lipinski definition) is 3. The molecule has 3 heteroatoms. The molecule has 0 aliphatic carbocycles. The molecule has 0 radical (unpaired) electrons. The van der Waals surface area contributed by atoms with Crippen molar-refractivity contribution in [1.29, 1.82) is 0 Å². The Kier molecular flexibility index (Phi) is 7.48. The summed E-state index contributed by atoms with van der Waals surface area (Å²) in [6, 6.07) is 0.459. The second kappa shape index (κ2) is 7.80. The van der Waals surface area contributed by atoms with Crippen LogP contribution in [0.4, 0.5) is 0 Å². The molecule has 1 atom stereocenters. The lowest BCUT2D eigenvalue weighted by Crippen LogP contribution is -2.38. The Morgan fingerprint density at radius 2 is 2.07 bits per heavy atom. The maximum atomic E-state index is 11.1. The topological polar surface area (TPSA) is 29.5 Å². The van der Waals surface area contributed by atoms with Crippen LogP contribution in [0.3, 0.4) is 0 Å². The van der Waals surface area contributed by atoms with E-state index in [2.05, 4.69) is 30.4 Å². The van der Waals surface area contributed by atoms with Crippen LogP contribution >= 0.6 is 0 Å². The van der Waals surface area contributed by atoms with Crippen molar-refractivity contribution in [2.75, 3.05) is 20.2 Å². The van der Waals surface area contributed by atoms with Gasteiger partial charge in [-0.15, -0.1) is 0 Å². The largest absolute Gasteiger partial charge is 0.468 e.